The van der Waals surface area contributed by atoms with Crippen LogP contribution in [-0.2, 0) is 6.54 Å². The minimum absolute atomic E-state index is 0.0642. The number of nitrogens with zero attached hydrogens (tertiary/aromatic N) is 2. The highest BCUT2D eigenvalue weighted by atomic mass is 19.3. The van der Waals surface area contributed by atoms with Crippen molar-refractivity contribution in [3.8, 4) is 11.8 Å². The van der Waals surface area contributed by atoms with Gasteiger partial charge in [-0.2, -0.15) is 5.10 Å². The number of aliphatic hydroxyl groups is 1. The van der Waals surface area contributed by atoms with Gasteiger partial charge in [0.2, 0.25) is 0 Å². The molecular formula is C26H27F2N3O. The summed E-state index contributed by atoms with van der Waals surface area (Å²) in [6.45, 7) is 5.66. The molecule has 4 rings (SSSR count). The van der Waals surface area contributed by atoms with Crippen molar-refractivity contribution in [2.24, 2.45) is 0 Å². The lowest BCUT2D eigenvalue weighted by Crippen LogP contribution is -2.20. The minimum atomic E-state index is -2.58. The van der Waals surface area contributed by atoms with Crippen molar-refractivity contribution >= 4 is 0 Å². The summed E-state index contributed by atoms with van der Waals surface area (Å²) in [7, 11) is 0. The molecule has 4 nitrogen and oxygen atoms in total. The predicted molar refractivity (Wildman–Crippen MR) is 120 cm³/mol. The van der Waals surface area contributed by atoms with E-state index in [1.807, 2.05) is 42.5 Å². The largest absolute Gasteiger partial charge is 0.378 e. The number of halogens is 2. The molecule has 0 amide bonds. The zero-order valence-corrected chi connectivity index (χ0v) is 18.2. The molecule has 1 aliphatic heterocycles. The molecule has 0 aliphatic carbocycles. The molecule has 1 saturated heterocycles. The van der Waals surface area contributed by atoms with Gasteiger partial charge in [-0.05, 0) is 43.2 Å². The maximum atomic E-state index is 13.1. The molecule has 6 heteroatoms. The summed E-state index contributed by atoms with van der Waals surface area (Å²) >= 11 is 0. The predicted octanol–water partition coefficient (Wildman–Crippen LogP) is 4.85. The number of rotatable bonds is 5. The number of hydrogen-bond donors (Lipinski definition) is 2. The number of hydrogen-bond acceptors (Lipinski definition) is 3. The van der Waals surface area contributed by atoms with Crippen molar-refractivity contribution in [2.45, 2.75) is 44.3 Å². The van der Waals surface area contributed by atoms with Gasteiger partial charge in [-0.25, -0.2) is 8.78 Å². The number of aromatic nitrogens is 2. The van der Waals surface area contributed by atoms with Crippen molar-refractivity contribution in [3.05, 3.63) is 88.7 Å². The third kappa shape index (κ3) is 5.42. The summed E-state index contributed by atoms with van der Waals surface area (Å²) in [5.74, 6) is 6.07. The highest BCUT2D eigenvalue weighted by Crippen LogP contribution is 2.40. The first-order valence-electron chi connectivity index (χ1n) is 10.7. The second kappa shape index (κ2) is 9.23. The maximum Gasteiger partial charge on any atom is 0.282 e. The summed E-state index contributed by atoms with van der Waals surface area (Å²) in [6.07, 6.45) is -2.58. The van der Waals surface area contributed by atoms with Gasteiger partial charge in [0.25, 0.3) is 6.43 Å². The summed E-state index contributed by atoms with van der Waals surface area (Å²) < 4.78 is 26.2. The van der Waals surface area contributed by atoms with Gasteiger partial charge in [0.05, 0.1) is 0 Å². The van der Waals surface area contributed by atoms with E-state index in [1.165, 1.54) is 11.6 Å². The smallest absolute Gasteiger partial charge is 0.282 e. The second-order valence-corrected chi connectivity index (χ2v) is 8.87. The zero-order valence-electron chi connectivity index (χ0n) is 18.2. The summed E-state index contributed by atoms with van der Waals surface area (Å²) in [5.41, 5.74) is 2.75. The topological polar surface area (TPSA) is 52.1 Å². The average Bonchev–Trinajstić information content (AvgIpc) is 3.41. The monoisotopic (exact) mass is 435 g/mol. The SMILES string of the molecule is CC(C)(O)C#Cc1ccc(CN2C[C@@H](c3ccccc3)[C@H](c3cc(C(F)F)n[nH]3)C2)cc1. The molecule has 2 aromatic carbocycles. The van der Waals surface area contributed by atoms with Gasteiger partial charge in [0, 0.05) is 42.7 Å². The highest BCUT2D eigenvalue weighted by Gasteiger charge is 2.36. The van der Waals surface area contributed by atoms with E-state index in [-0.39, 0.29) is 17.5 Å². The molecule has 0 radical (unpaired) electrons. The quantitative estimate of drug-likeness (QED) is 0.563. The van der Waals surface area contributed by atoms with Crippen molar-refractivity contribution < 1.29 is 13.9 Å². The third-order valence-corrected chi connectivity index (χ3v) is 5.74. The number of H-pyrrole nitrogens is 1. The minimum Gasteiger partial charge on any atom is -0.378 e. The fourth-order valence-corrected chi connectivity index (χ4v) is 4.20. The number of likely N-dealkylation sites (tertiary alicyclic amines) is 1. The Morgan fingerprint density at radius 1 is 1.09 bits per heavy atom. The van der Waals surface area contributed by atoms with Crippen LogP contribution in [0.1, 0.15) is 60.2 Å². The van der Waals surface area contributed by atoms with E-state index in [9.17, 15) is 13.9 Å². The van der Waals surface area contributed by atoms with Crippen LogP contribution in [0.4, 0.5) is 8.78 Å². The van der Waals surface area contributed by atoms with E-state index in [2.05, 4.69) is 39.1 Å². The van der Waals surface area contributed by atoms with Crippen LogP contribution in [0.5, 0.6) is 0 Å². The molecule has 3 aromatic rings. The van der Waals surface area contributed by atoms with Gasteiger partial charge in [-0.15, -0.1) is 0 Å². The van der Waals surface area contributed by atoms with Crippen molar-refractivity contribution in [2.75, 3.05) is 13.1 Å². The molecule has 32 heavy (non-hydrogen) atoms. The summed E-state index contributed by atoms with van der Waals surface area (Å²) in [4.78, 5) is 2.35. The van der Waals surface area contributed by atoms with Crippen LogP contribution < -0.4 is 0 Å². The van der Waals surface area contributed by atoms with E-state index in [0.29, 0.717) is 0 Å². The summed E-state index contributed by atoms with van der Waals surface area (Å²) in [6, 6.07) is 19.7. The van der Waals surface area contributed by atoms with E-state index >= 15 is 0 Å². The Kier molecular flexibility index (Phi) is 6.40. The van der Waals surface area contributed by atoms with Crippen molar-refractivity contribution in [1.82, 2.24) is 15.1 Å². The van der Waals surface area contributed by atoms with Crippen molar-refractivity contribution in [1.29, 1.82) is 0 Å². The molecule has 0 unspecified atom stereocenters. The van der Waals surface area contributed by atoms with Crippen LogP contribution in [-0.4, -0.2) is 38.9 Å². The Morgan fingerprint density at radius 2 is 1.78 bits per heavy atom. The molecule has 1 fully saturated rings. The van der Waals surface area contributed by atoms with Crippen LogP contribution >= 0.6 is 0 Å². The Hall–Kier alpha value is -3.01. The molecule has 0 bridgehead atoms. The lowest BCUT2D eigenvalue weighted by molar-refractivity contribution is 0.143. The van der Waals surface area contributed by atoms with E-state index in [4.69, 9.17) is 0 Å². The number of benzene rings is 2. The lowest BCUT2D eigenvalue weighted by Gasteiger charge is -2.17. The van der Waals surface area contributed by atoms with Gasteiger partial charge in [0.15, 0.2) is 0 Å². The van der Waals surface area contributed by atoms with Crippen LogP contribution in [0.25, 0.3) is 0 Å². The fraction of sp³-hybridized carbons (Fsp3) is 0.346. The van der Waals surface area contributed by atoms with Gasteiger partial charge in [-0.3, -0.25) is 10.00 Å². The van der Waals surface area contributed by atoms with Gasteiger partial charge < -0.3 is 5.11 Å². The van der Waals surface area contributed by atoms with E-state index in [1.54, 1.807) is 13.8 Å². The molecule has 0 spiro atoms. The first-order chi connectivity index (χ1) is 15.3. The Morgan fingerprint density at radius 3 is 2.41 bits per heavy atom. The molecule has 1 aromatic heterocycles. The molecular weight excluding hydrogens is 408 g/mol. The normalized spacial score (nSPS) is 19.2. The van der Waals surface area contributed by atoms with Crippen LogP contribution in [0.15, 0.2) is 60.7 Å². The standard InChI is InChI=1S/C26H27F2N3O/c1-26(2,32)13-12-18-8-10-19(11-9-18)15-31-16-21(20-6-4-3-5-7-20)22(17-31)23-14-24(25(27)28)30-29-23/h3-11,14,21-22,25,32H,15-17H2,1-2H3,(H,29,30)/t21-,22+/m0/s1. The number of nitrogens with one attached hydrogen (secondary N) is 1. The molecule has 1 aliphatic rings. The summed E-state index contributed by atoms with van der Waals surface area (Å²) in [5, 5.41) is 16.4. The molecule has 166 valence electrons. The number of alkyl halides is 2. The lowest BCUT2D eigenvalue weighted by atomic mass is 9.87. The molecule has 2 heterocycles. The second-order valence-electron chi connectivity index (χ2n) is 8.87. The van der Waals surface area contributed by atoms with Gasteiger partial charge in [-0.1, -0.05) is 54.3 Å². The first-order valence-corrected chi connectivity index (χ1v) is 10.7. The third-order valence-electron chi connectivity index (χ3n) is 5.74. The molecule has 2 N–H and O–H groups in total. The van der Waals surface area contributed by atoms with Crippen LogP contribution in [0.3, 0.4) is 0 Å². The Balaban J connectivity index is 1.52. The van der Waals surface area contributed by atoms with Gasteiger partial charge in [0.1, 0.15) is 11.3 Å². The molecule has 0 saturated carbocycles. The Bertz CT molecular complexity index is 1090. The van der Waals surface area contributed by atoms with Gasteiger partial charge >= 0.3 is 0 Å². The van der Waals surface area contributed by atoms with Crippen LogP contribution in [0.2, 0.25) is 0 Å². The van der Waals surface area contributed by atoms with Crippen LogP contribution in [0, 0.1) is 11.8 Å². The first kappa shape index (κ1) is 22.2. The number of aromatic amines is 1. The highest BCUT2D eigenvalue weighted by molar-refractivity contribution is 5.38. The fourth-order valence-electron chi connectivity index (χ4n) is 4.20. The van der Waals surface area contributed by atoms with E-state index in [0.717, 1.165) is 36.5 Å². The Labute approximate surface area is 187 Å². The maximum absolute atomic E-state index is 13.1. The molecule has 2 atom stereocenters. The average molecular weight is 436 g/mol. The zero-order chi connectivity index (χ0) is 22.7. The van der Waals surface area contributed by atoms with E-state index < -0.39 is 12.0 Å². The van der Waals surface area contributed by atoms with Crippen molar-refractivity contribution in [3.63, 3.8) is 0 Å².